The average Bonchev–Trinajstić information content (AvgIpc) is 2.92. The summed E-state index contributed by atoms with van der Waals surface area (Å²) in [6, 6.07) is 28.8. The Bertz CT molecular complexity index is 1070. The van der Waals surface area contributed by atoms with Crippen molar-refractivity contribution in [2.24, 2.45) is 0 Å². The number of carbonyl (C=O) groups is 1. The van der Waals surface area contributed by atoms with Crippen LogP contribution in [-0.2, 0) is 13.2 Å². The molecule has 1 heterocycles. The van der Waals surface area contributed by atoms with Gasteiger partial charge in [0.15, 0.2) is 0 Å². The lowest BCUT2D eigenvalue weighted by atomic mass is 10.00. The monoisotopic (exact) mass is 485 g/mol. The number of benzene rings is 3. The maximum atomic E-state index is 13.6. The first-order chi connectivity index (χ1) is 17.6. The van der Waals surface area contributed by atoms with E-state index < -0.39 is 0 Å². The highest BCUT2D eigenvalue weighted by molar-refractivity contribution is 5.89. The molecule has 5 nitrogen and oxygen atoms in total. The molecule has 1 N–H and O–H groups in total. The number of ether oxygens (including phenoxy) is 1. The van der Waals surface area contributed by atoms with E-state index in [0.717, 1.165) is 48.5 Å². The van der Waals surface area contributed by atoms with Crippen LogP contribution in [0.1, 0.15) is 50.7 Å². The molecule has 3 aromatic rings. The Kier molecular flexibility index (Phi) is 9.40. The number of nitrogens with zero attached hydrogens (tertiary/aromatic N) is 2. The van der Waals surface area contributed by atoms with E-state index in [-0.39, 0.29) is 12.1 Å². The smallest absolute Gasteiger partial charge is 0.322 e. The number of amides is 2. The van der Waals surface area contributed by atoms with Gasteiger partial charge in [0, 0.05) is 43.5 Å². The average molecular weight is 486 g/mol. The van der Waals surface area contributed by atoms with Crippen molar-refractivity contribution in [2.75, 3.05) is 18.4 Å². The summed E-state index contributed by atoms with van der Waals surface area (Å²) < 4.78 is 5.97. The maximum Gasteiger partial charge on any atom is 0.322 e. The summed E-state index contributed by atoms with van der Waals surface area (Å²) in [6.07, 6.45) is 4.42. The van der Waals surface area contributed by atoms with Crippen LogP contribution >= 0.6 is 0 Å². The van der Waals surface area contributed by atoms with Crippen molar-refractivity contribution >= 4 is 11.7 Å². The number of carbonyl (C=O) groups excluding carboxylic acids is 1. The third-order valence-electron chi connectivity index (χ3n) is 7.06. The number of rotatable bonds is 10. The molecule has 36 heavy (non-hydrogen) atoms. The van der Waals surface area contributed by atoms with Gasteiger partial charge in [0.1, 0.15) is 12.4 Å². The van der Waals surface area contributed by atoms with Gasteiger partial charge in [-0.1, -0.05) is 80.1 Å². The summed E-state index contributed by atoms with van der Waals surface area (Å²) in [6.45, 7) is 7.74. The summed E-state index contributed by atoms with van der Waals surface area (Å²) in [4.78, 5) is 18.2. The molecule has 1 atom stereocenters. The number of piperidine rings is 1. The lowest BCUT2D eigenvalue weighted by Gasteiger charge is -2.40. The van der Waals surface area contributed by atoms with Gasteiger partial charge in [-0.25, -0.2) is 4.79 Å². The molecular weight excluding hydrogens is 446 g/mol. The lowest BCUT2D eigenvalue weighted by molar-refractivity contribution is 0.0989. The second-order valence-electron chi connectivity index (χ2n) is 9.75. The molecule has 1 fully saturated rings. The minimum absolute atomic E-state index is 0.0564. The zero-order valence-electron chi connectivity index (χ0n) is 21.6. The van der Waals surface area contributed by atoms with E-state index in [4.69, 9.17) is 4.74 Å². The zero-order valence-corrected chi connectivity index (χ0v) is 21.6. The molecule has 4 rings (SSSR count). The van der Waals surface area contributed by atoms with E-state index in [1.54, 1.807) is 0 Å². The summed E-state index contributed by atoms with van der Waals surface area (Å²) >= 11 is 0. The van der Waals surface area contributed by atoms with Crippen molar-refractivity contribution in [1.29, 1.82) is 0 Å². The first kappa shape index (κ1) is 25.8. The van der Waals surface area contributed by atoms with Gasteiger partial charge in [0.25, 0.3) is 0 Å². The summed E-state index contributed by atoms with van der Waals surface area (Å²) in [5.41, 5.74) is 3.01. The molecule has 0 bridgehead atoms. The van der Waals surface area contributed by atoms with Crippen LogP contribution in [0.3, 0.4) is 0 Å². The number of anilines is 1. The standard InChI is InChI=1S/C31H39N3O2/c1-3-11-25(2)33-20-18-29(19-21-33)34(23-26-12-6-4-7-13-26)31(35)32-28-16-10-17-30(22-28)36-24-27-14-8-5-9-15-27/h4-10,12-17,22,25,29H,3,11,18-21,23-24H2,1-2H3,(H,32,35). The van der Waals surface area contributed by atoms with Crippen LogP contribution in [0.2, 0.25) is 0 Å². The van der Waals surface area contributed by atoms with Gasteiger partial charge in [-0.2, -0.15) is 0 Å². The lowest BCUT2D eigenvalue weighted by Crippen LogP contribution is -2.50. The molecule has 5 heteroatoms. The van der Waals surface area contributed by atoms with Crippen LogP contribution < -0.4 is 10.1 Å². The van der Waals surface area contributed by atoms with E-state index >= 15 is 0 Å². The first-order valence-electron chi connectivity index (χ1n) is 13.2. The third-order valence-corrected chi connectivity index (χ3v) is 7.06. The maximum absolute atomic E-state index is 13.6. The van der Waals surface area contributed by atoms with E-state index in [1.165, 1.54) is 12.8 Å². The third kappa shape index (κ3) is 7.34. The van der Waals surface area contributed by atoms with Crippen LogP contribution in [0.15, 0.2) is 84.9 Å². The van der Waals surface area contributed by atoms with Crippen molar-refractivity contribution in [3.8, 4) is 5.75 Å². The van der Waals surface area contributed by atoms with Crippen molar-refractivity contribution in [1.82, 2.24) is 9.80 Å². The van der Waals surface area contributed by atoms with Gasteiger partial charge in [-0.3, -0.25) is 0 Å². The highest BCUT2D eigenvalue weighted by Gasteiger charge is 2.29. The van der Waals surface area contributed by atoms with E-state index in [1.807, 2.05) is 77.7 Å². The first-order valence-corrected chi connectivity index (χ1v) is 13.2. The highest BCUT2D eigenvalue weighted by Crippen LogP contribution is 2.24. The molecule has 0 saturated carbocycles. The largest absolute Gasteiger partial charge is 0.489 e. The topological polar surface area (TPSA) is 44.8 Å². The fourth-order valence-corrected chi connectivity index (χ4v) is 4.99. The number of hydrogen-bond acceptors (Lipinski definition) is 3. The number of nitrogens with one attached hydrogen (secondary N) is 1. The molecule has 0 spiro atoms. The Morgan fingerprint density at radius 1 is 0.972 bits per heavy atom. The van der Waals surface area contributed by atoms with Crippen LogP contribution in [-0.4, -0.2) is 41.0 Å². The molecule has 0 aromatic heterocycles. The number of hydrogen-bond donors (Lipinski definition) is 1. The fourth-order valence-electron chi connectivity index (χ4n) is 4.99. The van der Waals surface area contributed by atoms with Gasteiger partial charge < -0.3 is 19.9 Å². The zero-order chi connectivity index (χ0) is 25.2. The number of urea groups is 1. The minimum Gasteiger partial charge on any atom is -0.489 e. The Hall–Kier alpha value is -3.31. The van der Waals surface area contributed by atoms with Gasteiger partial charge >= 0.3 is 6.03 Å². The predicted octanol–water partition coefficient (Wildman–Crippen LogP) is 6.95. The van der Waals surface area contributed by atoms with Gasteiger partial charge in [0.05, 0.1) is 0 Å². The van der Waals surface area contributed by atoms with Crippen molar-refractivity contribution < 1.29 is 9.53 Å². The molecule has 0 aliphatic carbocycles. The Labute approximate surface area is 216 Å². The van der Waals surface area contributed by atoms with Crippen molar-refractivity contribution in [2.45, 2.75) is 64.8 Å². The molecule has 1 unspecified atom stereocenters. The van der Waals surface area contributed by atoms with Gasteiger partial charge in [0.2, 0.25) is 0 Å². The van der Waals surface area contributed by atoms with E-state index in [2.05, 4.69) is 36.2 Å². The minimum atomic E-state index is -0.0564. The Morgan fingerprint density at radius 2 is 1.64 bits per heavy atom. The molecular formula is C31H39N3O2. The van der Waals surface area contributed by atoms with Gasteiger partial charge in [-0.15, -0.1) is 0 Å². The second kappa shape index (κ2) is 13.1. The van der Waals surface area contributed by atoms with E-state index in [0.29, 0.717) is 19.2 Å². The Balaban J connectivity index is 1.42. The number of likely N-dealkylation sites (tertiary alicyclic amines) is 1. The fraction of sp³-hybridized carbons (Fsp3) is 0.387. The molecule has 0 radical (unpaired) electrons. The molecule has 3 aromatic carbocycles. The molecule has 1 aliphatic heterocycles. The molecule has 1 aliphatic rings. The molecule has 1 saturated heterocycles. The van der Waals surface area contributed by atoms with Crippen LogP contribution in [0.25, 0.3) is 0 Å². The van der Waals surface area contributed by atoms with Crippen LogP contribution in [0.4, 0.5) is 10.5 Å². The van der Waals surface area contributed by atoms with Crippen LogP contribution in [0.5, 0.6) is 5.75 Å². The van der Waals surface area contributed by atoms with Crippen molar-refractivity contribution in [3.63, 3.8) is 0 Å². The SMILES string of the molecule is CCCC(C)N1CCC(N(Cc2ccccc2)C(=O)Nc2cccc(OCc3ccccc3)c2)CC1. The highest BCUT2D eigenvalue weighted by atomic mass is 16.5. The van der Waals surface area contributed by atoms with Crippen LogP contribution in [0, 0.1) is 0 Å². The second-order valence-corrected chi connectivity index (χ2v) is 9.75. The summed E-state index contributed by atoms with van der Waals surface area (Å²) in [5, 5.41) is 3.15. The summed E-state index contributed by atoms with van der Waals surface area (Å²) in [5.74, 6) is 0.740. The quantitative estimate of drug-likeness (QED) is 0.338. The van der Waals surface area contributed by atoms with E-state index in [9.17, 15) is 4.79 Å². The van der Waals surface area contributed by atoms with Gasteiger partial charge in [-0.05, 0) is 49.4 Å². The van der Waals surface area contributed by atoms with Crippen molar-refractivity contribution in [3.05, 3.63) is 96.1 Å². The molecule has 190 valence electrons. The molecule has 2 amide bonds. The normalized spacial score (nSPS) is 15.3. The Morgan fingerprint density at radius 3 is 2.31 bits per heavy atom. The summed E-state index contributed by atoms with van der Waals surface area (Å²) in [7, 11) is 0. The predicted molar refractivity (Wildman–Crippen MR) is 147 cm³/mol.